The summed E-state index contributed by atoms with van der Waals surface area (Å²) in [6.07, 6.45) is 5.90. The molecule has 0 radical (unpaired) electrons. The van der Waals surface area contributed by atoms with E-state index in [1.165, 1.54) is 0 Å². The summed E-state index contributed by atoms with van der Waals surface area (Å²) in [5.74, 6) is -0.201. The Labute approximate surface area is 197 Å². The number of nitrogens with zero attached hydrogens (tertiary/aromatic N) is 4. The number of aromatic amines is 1. The first-order chi connectivity index (χ1) is 16.5. The van der Waals surface area contributed by atoms with Crippen LogP contribution in [0.1, 0.15) is 58.9 Å². The number of hydrogen-bond donors (Lipinski definition) is 2. The van der Waals surface area contributed by atoms with E-state index in [-0.39, 0.29) is 17.0 Å². The number of H-pyrrole nitrogens is 1. The number of aromatic nitrogens is 3. The van der Waals surface area contributed by atoms with Crippen molar-refractivity contribution in [2.24, 2.45) is 0 Å². The minimum Gasteiger partial charge on any atom is -0.317 e. The maximum absolute atomic E-state index is 15.0. The largest absolute Gasteiger partial charge is 0.317 e. The topological polar surface area (TPSA) is 94.2 Å². The van der Waals surface area contributed by atoms with E-state index < -0.39 is 5.82 Å². The Kier molecular flexibility index (Phi) is 6.38. The second-order valence-electron chi connectivity index (χ2n) is 9.25. The predicted molar refractivity (Wildman–Crippen MR) is 127 cm³/mol. The van der Waals surface area contributed by atoms with Crippen LogP contribution in [0.4, 0.5) is 4.39 Å². The highest BCUT2D eigenvalue weighted by molar-refractivity contribution is 5.91. The molecular formula is C25H29FN6O2. The van der Waals surface area contributed by atoms with Crippen molar-refractivity contribution in [1.82, 2.24) is 30.3 Å². The fourth-order valence-corrected chi connectivity index (χ4v) is 4.85. The van der Waals surface area contributed by atoms with Crippen molar-refractivity contribution in [3.63, 3.8) is 0 Å². The molecule has 2 saturated heterocycles. The number of carbonyl (C=O) groups is 1. The summed E-state index contributed by atoms with van der Waals surface area (Å²) in [5, 5.41) is 1.95. The van der Waals surface area contributed by atoms with Crippen LogP contribution in [0.5, 0.6) is 0 Å². The lowest BCUT2D eigenvalue weighted by Gasteiger charge is -2.32. The van der Waals surface area contributed by atoms with Crippen LogP contribution in [-0.4, -0.2) is 56.9 Å². The van der Waals surface area contributed by atoms with Gasteiger partial charge in [-0.15, -0.1) is 0 Å². The molecule has 1 aromatic carbocycles. The molecule has 0 aliphatic carbocycles. The van der Waals surface area contributed by atoms with Gasteiger partial charge in [0.1, 0.15) is 16.9 Å². The second-order valence-corrected chi connectivity index (χ2v) is 9.25. The average molecular weight is 465 g/mol. The highest BCUT2D eigenvalue weighted by Crippen LogP contribution is 2.29. The number of halogens is 1. The minimum absolute atomic E-state index is 0.160. The zero-order valence-corrected chi connectivity index (χ0v) is 19.3. The van der Waals surface area contributed by atoms with Crippen molar-refractivity contribution in [1.29, 1.82) is 0 Å². The normalized spacial score (nSPS) is 17.9. The third-order valence-corrected chi connectivity index (χ3v) is 6.89. The Balaban J connectivity index is 1.19. The number of amides is 1. The highest BCUT2D eigenvalue weighted by atomic mass is 19.1. The van der Waals surface area contributed by atoms with Crippen LogP contribution in [-0.2, 0) is 6.54 Å². The first-order valence-corrected chi connectivity index (χ1v) is 11.9. The number of benzene rings is 1. The Morgan fingerprint density at radius 3 is 2.62 bits per heavy atom. The van der Waals surface area contributed by atoms with Gasteiger partial charge in [0, 0.05) is 31.4 Å². The van der Waals surface area contributed by atoms with E-state index in [9.17, 15) is 9.59 Å². The molecule has 2 aromatic heterocycles. The summed E-state index contributed by atoms with van der Waals surface area (Å²) in [4.78, 5) is 37.7. The summed E-state index contributed by atoms with van der Waals surface area (Å²) < 4.78 is 15.0. The lowest BCUT2D eigenvalue weighted by atomic mass is 9.90. The number of hydrazine groups is 1. The maximum Gasteiger partial charge on any atom is 0.284 e. The molecule has 178 valence electrons. The standard InChI is InChI=1S/C25H29FN6O2/c1-16-24(33)29-23-20(28-16)6-5-19(22(23)26)15-31-12-8-17(9-13-31)18-4-7-21(27-14-18)25(34)30-32-10-2-3-11-32/h4-7,14,17H,2-3,8-13,15H2,1H3,(H,29,33)(H,30,34). The van der Waals surface area contributed by atoms with Gasteiger partial charge in [-0.1, -0.05) is 12.1 Å². The highest BCUT2D eigenvalue weighted by Gasteiger charge is 2.23. The van der Waals surface area contributed by atoms with Gasteiger partial charge in [0.25, 0.3) is 11.5 Å². The Morgan fingerprint density at radius 2 is 1.91 bits per heavy atom. The number of piperidine rings is 1. The fourth-order valence-electron chi connectivity index (χ4n) is 4.85. The molecule has 8 nitrogen and oxygen atoms in total. The zero-order valence-electron chi connectivity index (χ0n) is 19.3. The smallest absolute Gasteiger partial charge is 0.284 e. The van der Waals surface area contributed by atoms with Crippen molar-refractivity contribution in [3.8, 4) is 0 Å². The summed E-state index contributed by atoms with van der Waals surface area (Å²) in [5.41, 5.74) is 5.64. The lowest BCUT2D eigenvalue weighted by Crippen LogP contribution is -2.40. The Bertz CT molecular complexity index is 1240. The van der Waals surface area contributed by atoms with Gasteiger partial charge >= 0.3 is 0 Å². The SMILES string of the molecule is Cc1nc2ccc(CN3CCC(c4ccc(C(=O)NN5CCCC5)nc4)CC3)c(F)c2[nH]c1=O. The van der Waals surface area contributed by atoms with Crippen molar-refractivity contribution in [3.05, 3.63) is 69.1 Å². The van der Waals surface area contributed by atoms with Crippen molar-refractivity contribution in [2.45, 2.75) is 45.1 Å². The van der Waals surface area contributed by atoms with Gasteiger partial charge in [-0.2, -0.15) is 0 Å². The molecule has 34 heavy (non-hydrogen) atoms. The van der Waals surface area contributed by atoms with Crippen LogP contribution >= 0.6 is 0 Å². The predicted octanol–water partition coefficient (Wildman–Crippen LogP) is 2.89. The zero-order chi connectivity index (χ0) is 23.7. The molecule has 0 saturated carbocycles. The molecule has 2 aliphatic heterocycles. The molecule has 2 N–H and O–H groups in total. The van der Waals surface area contributed by atoms with Gasteiger partial charge in [-0.25, -0.2) is 14.4 Å². The van der Waals surface area contributed by atoms with Crippen LogP contribution in [0.2, 0.25) is 0 Å². The fraction of sp³-hybridized carbons (Fsp3) is 0.440. The molecular weight excluding hydrogens is 435 g/mol. The molecule has 9 heteroatoms. The van der Waals surface area contributed by atoms with Gasteiger partial charge in [-0.3, -0.25) is 24.9 Å². The summed E-state index contributed by atoms with van der Waals surface area (Å²) in [7, 11) is 0. The third kappa shape index (κ3) is 4.71. The number of fused-ring (bicyclic) bond motifs is 1. The summed E-state index contributed by atoms with van der Waals surface area (Å²) in [6, 6.07) is 7.32. The van der Waals surface area contributed by atoms with Gasteiger partial charge < -0.3 is 4.98 Å². The van der Waals surface area contributed by atoms with Gasteiger partial charge in [-0.05, 0) is 69.3 Å². The minimum atomic E-state index is -0.406. The third-order valence-electron chi connectivity index (χ3n) is 6.89. The van der Waals surface area contributed by atoms with Gasteiger partial charge in [0.2, 0.25) is 0 Å². The first-order valence-electron chi connectivity index (χ1n) is 11.9. The van der Waals surface area contributed by atoms with Crippen LogP contribution in [0.3, 0.4) is 0 Å². The molecule has 0 unspecified atom stereocenters. The van der Waals surface area contributed by atoms with E-state index in [0.29, 0.717) is 34.9 Å². The van der Waals surface area contributed by atoms with Gasteiger partial charge in [0.05, 0.1) is 5.52 Å². The van der Waals surface area contributed by atoms with Crippen LogP contribution in [0, 0.1) is 12.7 Å². The number of likely N-dealkylation sites (tertiary alicyclic amines) is 1. The number of carbonyl (C=O) groups excluding carboxylic acids is 1. The first kappa shape index (κ1) is 22.6. The molecule has 3 aromatic rings. The molecule has 0 spiro atoms. The molecule has 2 aliphatic rings. The van der Waals surface area contributed by atoms with Crippen LogP contribution in [0.25, 0.3) is 11.0 Å². The lowest BCUT2D eigenvalue weighted by molar-refractivity contribution is 0.0820. The molecule has 0 bridgehead atoms. The second kappa shape index (κ2) is 9.60. The molecule has 0 atom stereocenters. The molecule has 1 amide bonds. The quantitative estimate of drug-likeness (QED) is 0.603. The van der Waals surface area contributed by atoms with E-state index in [4.69, 9.17) is 0 Å². The van der Waals surface area contributed by atoms with Crippen molar-refractivity contribution < 1.29 is 9.18 Å². The van der Waals surface area contributed by atoms with Crippen molar-refractivity contribution in [2.75, 3.05) is 26.2 Å². The number of nitrogens with one attached hydrogen (secondary N) is 2. The van der Waals surface area contributed by atoms with E-state index in [1.807, 2.05) is 17.3 Å². The van der Waals surface area contributed by atoms with E-state index in [1.54, 1.807) is 25.1 Å². The monoisotopic (exact) mass is 464 g/mol. The van der Waals surface area contributed by atoms with Crippen LogP contribution < -0.4 is 11.0 Å². The Morgan fingerprint density at radius 1 is 1.15 bits per heavy atom. The molecule has 5 rings (SSSR count). The van der Waals surface area contributed by atoms with E-state index in [0.717, 1.165) is 57.4 Å². The number of hydrogen-bond acceptors (Lipinski definition) is 6. The number of pyridine rings is 1. The number of rotatable bonds is 5. The Hall–Kier alpha value is -3.17. The van der Waals surface area contributed by atoms with Crippen molar-refractivity contribution >= 4 is 16.9 Å². The summed E-state index contributed by atoms with van der Waals surface area (Å²) in [6.45, 7) is 5.54. The maximum atomic E-state index is 15.0. The number of aryl methyl sites for hydroxylation is 1. The van der Waals surface area contributed by atoms with Crippen LogP contribution in [0.15, 0.2) is 35.3 Å². The average Bonchev–Trinajstić information content (AvgIpc) is 3.36. The van der Waals surface area contributed by atoms with E-state index >= 15 is 4.39 Å². The molecule has 4 heterocycles. The molecule has 2 fully saturated rings. The van der Waals surface area contributed by atoms with Gasteiger partial charge in [0.15, 0.2) is 5.82 Å². The summed E-state index contributed by atoms with van der Waals surface area (Å²) >= 11 is 0. The van der Waals surface area contributed by atoms with E-state index in [2.05, 4.69) is 25.3 Å².